The van der Waals surface area contributed by atoms with E-state index in [2.05, 4.69) is 11.2 Å². The zero-order chi connectivity index (χ0) is 22.2. The van der Waals surface area contributed by atoms with Crippen LogP contribution in [0.15, 0.2) is 65.6 Å². The van der Waals surface area contributed by atoms with E-state index in [1.165, 1.54) is 4.68 Å². The number of aryl methyl sites for hydroxylation is 1. The molecule has 8 heteroatoms. The fraction of sp³-hybridized carbons (Fsp3) is 0.208. The van der Waals surface area contributed by atoms with Crippen molar-refractivity contribution in [1.82, 2.24) is 14.7 Å². The summed E-state index contributed by atoms with van der Waals surface area (Å²) in [5, 5.41) is 5.60. The van der Waals surface area contributed by atoms with Gasteiger partial charge in [-0.3, -0.25) is 9.59 Å². The maximum Gasteiger partial charge on any atom is 0.292 e. The number of amides is 1. The average molecular weight is 465 g/mol. The van der Waals surface area contributed by atoms with Crippen LogP contribution in [-0.4, -0.2) is 46.8 Å². The van der Waals surface area contributed by atoms with Crippen LogP contribution in [0.3, 0.4) is 0 Å². The minimum Gasteiger partial charge on any atom is -0.365 e. The van der Waals surface area contributed by atoms with Crippen LogP contribution >= 0.6 is 22.9 Å². The van der Waals surface area contributed by atoms with Gasteiger partial charge in [0.2, 0.25) is 0 Å². The summed E-state index contributed by atoms with van der Waals surface area (Å²) >= 11 is 8.00. The van der Waals surface area contributed by atoms with E-state index >= 15 is 0 Å². The van der Waals surface area contributed by atoms with Crippen molar-refractivity contribution in [1.29, 1.82) is 0 Å². The van der Waals surface area contributed by atoms with Crippen LogP contribution in [0, 0.1) is 6.92 Å². The number of fused-ring (bicyclic) bond motifs is 1. The second-order valence-corrected chi connectivity index (χ2v) is 9.16. The fourth-order valence-corrected chi connectivity index (χ4v) is 5.50. The average Bonchev–Trinajstić information content (AvgIpc) is 3.17. The lowest BCUT2D eigenvalue weighted by Gasteiger charge is -2.36. The van der Waals surface area contributed by atoms with Crippen LogP contribution in [0.5, 0.6) is 0 Å². The molecule has 1 saturated heterocycles. The molecule has 5 rings (SSSR count). The van der Waals surface area contributed by atoms with Gasteiger partial charge in [-0.15, -0.1) is 11.3 Å². The topological polar surface area (TPSA) is 58.4 Å². The predicted octanol–water partition coefficient (Wildman–Crippen LogP) is 4.37. The van der Waals surface area contributed by atoms with Crippen molar-refractivity contribution in [2.24, 2.45) is 0 Å². The van der Waals surface area contributed by atoms with Gasteiger partial charge in [-0.05, 0) is 36.1 Å². The van der Waals surface area contributed by atoms with E-state index in [0.29, 0.717) is 37.6 Å². The number of carbonyl (C=O) groups is 1. The summed E-state index contributed by atoms with van der Waals surface area (Å²) < 4.78 is 2.43. The number of para-hydroxylation sites is 1. The van der Waals surface area contributed by atoms with Gasteiger partial charge in [0.05, 0.1) is 22.4 Å². The molecule has 1 aliphatic rings. The van der Waals surface area contributed by atoms with E-state index in [4.69, 9.17) is 11.6 Å². The molecule has 0 N–H and O–H groups in total. The summed E-state index contributed by atoms with van der Waals surface area (Å²) in [5.41, 5.74) is 1.96. The van der Waals surface area contributed by atoms with Gasteiger partial charge in [-0.1, -0.05) is 48.0 Å². The lowest BCUT2D eigenvalue weighted by Crippen LogP contribution is -2.49. The van der Waals surface area contributed by atoms with Gasteiger partial charge in [0.25, 0.3) is 11.5 Å². The molecule has 3 heterocycles. The zero-order valence-corrected chi connectivity index (χ0v) is 19.1. The largest absolute Gasteiger partial charge is 0.365 e. The molecule has 2 aromatic heterocycles. The van der Waals surface area contributed by atoms with Gasteiger partial charge in [0.1, 0.15) is 5.02 Å². The molecule has 0 radical (unpaired) electrons. The Labute approximate surface area is 194 Å². The van der Waals surface area contributed by atoms with Crippen molar-refractivity contribution >= 4 is 44.6 Å². The van der Waals surface area contributed by atoms with Crippen molar-refractivity contribution in [3.05, 3.63) is 86.6 Å². The number of rotatable bonds is 3. The summed E-state index contributed by atoms with van der Waals surface area (Å²) in [5.74, 6) is 0.0621. The van der Waals surface area contributed by atoms with Crippen LogP contribution in [0.4, 0.5) is 5.69 Å². The summed E-state index contributed by atoms with van der Waals surface area (Å²) in [4.78, 5) is 30.7. The number of anilines is 1. The van der Waals surface area contributed by atoms with E-state index in [9.17, 15) is 9.59 Å². The third-order valence-corrected chi connectivity index (χ3v) is 7.46. The van der Waals surface area contributed by atoms with Crippen molar-refractivity contribution in [3.8, 4) is 5.69 Å². The summed E-state index contributed by atoms with van der Waals surface area (Å²) in [6, 6.07) is 17.3. The number of hydrogen-bond acceptors (Lipinski definition) is 5. The first-order chi connectivity index (χ1) is 15.5. The Kier molecular flexibility index (Phi) is 5.45. The number of nitrogens with zero attached hydrogens (tertiary/aromatic N) is 4. The molecule has 162 valence electrons. The van der Waals surface area contributed by atoms with E-state index < -0.39 is 0 Å². The number of thiophene rings is 1. The molecule has 0 bridgehead atoms. The Morgan fingerprint density at radius 2 is 1.69 bits per heavy atom. The van der Waals surface area contributed by atoms with E-state index in [1.807, 2.05) is 65.3 Å². The predicted molar refractivity (Wildman–Crippen MR) is 130 cm³/mol. The highest BCUT2D eigenvalue weighted by atomic mass is 35.5. The molecule has 0 aliphatic carbocycles. The summed E-state index contributed by atoms with van der Waals surface area (Å²) in [6.45, 7) is 4.31. The first kappa shape index (κ1) is 20.7. The fourth-order valence-electron chi connectivity index (χ4n) is 4.07. The first-order valence-electron chi connectivity index (χ1n) is 10.4. The molecule has 0 atom stereocenters. The Balaban J connectivity index is 1.33. The smallest absolute Gasteiger partial charge is 0.292 e. The van der Waals surface area contributed by atoms with Crippen LogP contribution < -0.4 is 10.5 Å². The molecule has 0 spiro atoms. The van der Waals surface area contributed by atoms with Gasteiger partial charge in [0.15, 0.2) is 0 Å². The highest BCUT2D eigenvalue weighted by Crippen LogP contribution is 2.32. The van der Waals surface area contributed by atoms with E-state index in [0.717, 1.165) is 20.5 Å². The van der Waals surface area contributed by atoms with Crippen LogP contribution in [-0.2, 0) is 0 Å². The van der Waals surface area contributed by atoms with Crippen LogP contribution in [0.1, 0.15) is 15.2 Å². The maximum absolute atomic E-state index is 13.2. The molecule has 4 aromatic rings. The number of carbonyl (C=O) groups excluding carboxylic acids is 1. The summed E-state index contributed by atoms with van der Waals surface area (Å²) in [6.07, 6.45) is 1.63. The molecular weight excluding hydrogens is 444 g/mol. The highest BCUT2D eigenvalue weighted by Gasteiger charge is 2.27. The Morgan fingerprint density at radius 3 is 2.41 bits per heavy atom. The number of hydrogen-bond donors (Lipinski definition) is 0. The molecule has 1 fully saturated rings. The number of benzene rings is 2. The van der Waals surface area contributed by atoms with E-state index in [-0.39, 0.29) is 16.5 Å². The van der Waals surface area contributed by atoms with Crippen molar-refractivity contribution in [2.75, 3.05) is 31.1 Å². The molecule has 0 unspecified atom stereocenters. The molecule has 1 aliphatic heterocycles. The molecular formula is C24H21ClN4O2S. The molecule has 2 aromatic carbocycles. The minimum atomic E-state index is -0.352. The standard InChI is InChI=1S/C24H21ClN4O2S/c1-16-18-9-5-6-10-20(18)32-22(16)24(31)28-13-11-27(12-14-28)19-15-26-29(23(30)21(19)25)17-7-3-2-4-8-17/h2-10,15H,11-14H2,1H3. The Morgan fingerprint density at radius 1 is 1.00 bits per heavy atom. The number of halogens is 1. The number of aromatic nitrogens is 2. The zero-order valence-electron chi connectivity index (χ0n) is 17.5. The Bertz CT molecular complexity index is 1360. The van der Waals surface area contributed by atoms with Crippen LogP contribution in [0.2, 0.25) is 5.02 Å². The van der Waals surface area contributed by atoms with Crippen LogP contribution in [0.25, 0.3) is 15.8 Å². The Hall–Kier alpha value is -3.16. The SMILES string of the molecule is Cc1c(C(=O)N2CCN(c3cnn(-c4ccccc4)c(=O)c3Cl)CC2)sc2ccccc12. The molecule has 0 saturated carbocycles. The summed E-state index contributed by atoms with van der Waals surface area (Å²) in [7, 11) is 0. The van der Waals surface area contributed by atoms with Crippen molar-refractivity contribution in [3.63, 3.8) is 0 Å². The molecule has 6 nitrogen and oxygen atoms in total. The maximum atomic E-state index is 13.2. The van der Waals surface area contributed by atoms with Gasteiger partial charge in [-0.2, -0.15) is 9.78 Å². The van der Waals surface area contributed by atoms with E-state index in [1.54, 1.807) is 17.5 Å². The molecule has 32 heavy (non-hydrogen) atoms. The third-order valence-electron chi connectivity index (χ3n) is 5.85. The highest BCUT2D eigenvalue weighted by molar-refractivity contribution is 7.21. The quantitative estimate of drug-likeness (QED) is 0.451. The third kappa shape index (κ3) is 3.57. The van der Waals surface area contributed by atoms with Gasteiger partial charge in [-0.25, -0.2) is 0 Å². The van der Waals surface area contributed by atoms with Crippen molar-refractivity contribution < 1.29 is 4.79 Å². The second kappa shape index (κ2) is 8.41. The monoisotopic (exact) mass is 464 g/mol. The molecule has 1 amide bonds. The lowest BCUT2D eigenvalue weighted by molar-refractivity contribution is 0.0751. The number of piperazine rings is 1. The van der Waals surface area contributed by atoms with Gasteiger partial charge >= 0.3 is 0 Å². The second-order valence-electron chi connectivity index (χ2n) is 7.73. The minimum absolute atomic E-state index is 0.0621. The lowest BCUT2D eigenvalue weighted by atomic mass is 10.1. The van der Waals surface area contributed by atoms with Gasteiger partial charge in [0, 0.05) is 30.9 Å². The van der Waals surface area contributed by atoms with Gasteiger partial charge < -0.3 is 9.80 Å². The normalized spacial score (nSPS) is 14.2. The first-order valence-corrected chi connectivity index (χ1v) is 11.6. The van der Waals surface area contributed by atoms with Crippen molar-refractivity contribution in [2.45, 2.75) is 6.92 Å².